The number of nitrogens with one attached hydrogen (secondary N) is 1. The quantitative estimate of drug-likeness (QED) is 0.947. The molecule has 1 amide bonds. The number of hydrogen-bond donors (Lipinski definition) is 1. The third-order valence-corrected chi connectivity index (χ3v) is 3.69. The molecule has 22 heavy (non-hydrogen) atoms. The molecule has 4 nitrogen and oxygen atoms in total. The van der Waals surface area contributed by atoms with Gasteiger partial charge in [0.1, 0.15) is 6.10 Å². The van der Waals surface area contributed by atoms with Gasteiger partial charge in [-0.3, -0.25) is 4.79 Å². The van der Waals surface area contributed by atoms with Crippen LogP contribution in [0.3, 0.4) is 0 Å². The molecule has 2 atom stereocenters. The lowest BCUT2D eigenvalue weighted by molar-refractivity contribution is -0.133. The summed E-state index contributed by atoms with van der Waals surface area (Å²) >= 11 is 0. The van der Waals surface area contributed by atoms with Gasteiger partial charge in [-0.15, -0.1) is 0 Å². The van der Waals surface area contributed by atoms with Crippen LogP contribution < -0.4 is 14.8 Å². The van der Waals surface area contributed by atoms with Crippen LogP contribution in [0, 0.1) is 6.92 Å². The number of benzene rings is 2. The van der Waals surface area contributed by atoms with Crippen molar-refractivity contribution in [1.29, 1.82) is 0 Å². The standard InChI is InChI=1S/C18H19NO3/c1-12-7-9-14(10-8-12)11-19-18(20)17-13(2)21-15-5-3-4-6-16(15)22-17/h3-10,13,17H,11H2,1-2H3,(H,19,20)/t13-,17+/m1/s1. The molecule has 0 saturated carbocycles. The minimum Gasteiger partial charge on any atom is -0.482 e. The Morgan fingerprint density at radius 3 is 2.36 bits per heavy atom. The molecule has 0 unspecified atom stereocenters. The van der Waals surface area contributed by atoms with Gasteiger partial charge in [-0.2, -0.15) is 0 Å². The van der Waals surface area contributed by atoms with Crippen molar-refractivity contribution in [3.8, 4) is 11.5 Å². The molecule has 1 aliphatic heterocycles. The number of fused-ring (bicyclic) bond motifs is 1. The summed E-state index contributed by atoms with van der Waals surface area (Å²) in [5, 5.41) is 2.91. The van der Waals surface area contributed by atoms with Gasteiger partial charge in [0, 0.05) is 6.54 Å². The van der Waals surface area contributed by atoms with Gasteiger partial charge < -0.3 is 14.8 Å². The summed E-state index contributed by atoms with van der Waals surface area (Å²) in [6.45, 7) is 4.36. The van der Waals surface area contributed by atoms with E-state index < -0.39 is 6.10 Å². The molecule has 0 saturated heterocycles. The van der Waals surface area contributed by atoms with E-state index in [4.69, 9.17) is 9.47 Å². The fourth-order valence-electron chi connectivity index (χ4n) is 2.40. The van der Waals surface area contributed by atoms with Crippen LogP contribution in [0.4, 0.5) is 0 Å². The average Bonchev–Trinajstić information content (AvgIpc) is 2.53. The van der Waals surface area contributed by atoms with Crippen LogP contribution in [0.15, 0.2) is 48.5 Å². The number of carbonyl (C=O) groups excluding carboxylic acids is 1. The summed E-state index contributed by atoms with van der Waals surface area (Å²) in [4.78, 5) is 12.3. The predicted molar refractivity (Wildman–Crippen MR) is 84.0 cm³/mol. The molecule has 2 aromatic carbocycles. The first-order valence-corrected chi connectivity index (χ1v) is 7.39. The second-order valence-electron chi connectivity index (χ2n) is 5.51. The van der Waals surface area contributed by atoms with Crippen molar-refractivity contribution in [1.82, 2.24) is 5.32 Å². The number of hydrogen-bond acceptors (Lipinski definition) is 3. The lowest BCUT2D eigenvalue weighted by atomic mass is 10.1. The Hall–Kier alpha value is -2.49. The van der Waals surface area contributed by atoms with Gasteiger partial charge in [-0.25, -0.2) is 0 Å². The Morgan fingerprint density at radius 2 is 1.68 bits per heavy atom. The maximum Gasteiger partial charge on any atom is 0.265 e. The van der Waals surface area contributed by atoms with E-state index in [1.165, 1.54) is 5.56 Å². The molecule has 1 aliphatic rings. The lowest BCUT2D eigenvalue weighted by Gasteiger charge is -2.31. The van der Waals surface area contributed by atoms with Crippen LogP contribution in [-0.4, -0.2) is 18.1 Å². The zero-order valence-corrected chi connectivity index (χ0v) is 12.7. The first kappa shape index (κ1) is 14.4. The number of aryl methyl sites for hydroxylation is 1. The summed E-state index contributed by atoms with van der Waals surface area (Å²) in [6, 6.07) is 15.5. The Labute approximate surface area is 130 Å². The molecular weight excluding hydrogens is 278 g/mol. The minimum atomic E-state index is -0.639. The van der Waals surface area contributed by atoms with E-state index in [1.807, 2.05) is 62.4 Å². The zero-order chi connectivity index (χ0) is 15.5. The second-order valence-corrected chi connectivity index (χ2v) is 5.51. The minimum absolute atomic E-state index is 0.164. The number of ether oxygens (including phenoxy) is 2. The molecule has 114 valence electrons. The maximum absolute atomic E-state index is 12.3. The summed E-state index contributed by atoms with van der Waals surface area (Å²) in [5.41, 5.74) is 2.26. The van der Waals surface area contributed by atoms with Gasteiger partial charge in [0.15, 0.2) is 11.5 Å². The Bertz CT molecular complexity index is 666. The van der Waals surface area contributed by atoms with Gasteiger partial charge in [0.25, 0.3) is 5.91 Å². The normalized spacial score (nSPS) is 19.5. The van der Waals surface area contributed by atoms with Crippen LogP contribution in [0.1, 0.15) is 18.1 Å². The second kappa shape index (κ2) is 6.10. The van der Waals surface area contributed by atoms with E-state index in [0.717, 1.165) is 5.56 Å². The fraction of sp³-hybridized carbons (Fsp3) is 0.278. The van der Waals surface area contributed by atoms with E-state index in [0.29, 0.717) is 18.0 Å². The Morgan fingerprint density at radius 1 is 1.05 bits per heavy atom. The molecule has 0 aliphatic carbocycles. The summed E-state index contributed by atoms with van der Waals surface area (Å²) < 4.78 is 11.5. The fourth-order valence-corrected chi connectivity index (χ4v) is 2.40. The highest BCUT2D eigenvalue weighted by atomic mass is 16.6. The van der Waals surface area contributed by atoms with Crippen molar-refractivity contribution in [3.05, 3.63) is 59.7 Å². The van der Waals surface area contributed by atoms with E-state index in [9.17, 15) is 4.79 Å². The van der Waals surface area contributed by atoms with Crippen LogP contribution >= 0.6 is 0 Å². The van der Waals surface area contributed by atoms with E-state index in [2.05, 4.69) is 5.32 Å². The molecule has 2 aromatic rings. The van der Waals surface area contributed by atoms with Crippen molar-refractivity contribution in [3.63, 3.8) is 0 Å². The van der Waals surface area contributed by atoms with Crippen molar-refractivity contribution < 1.29 is 14.3 Å². The highest BCUT2D eigenvalue weighted by molar-refractivity contribution is 5.82. The molecule has 4 heteroatoms. The predicted octanol–water partition coefficient (Wildman–Crippen LogP) is 2.84. The van der Waals surface area contributed by atoms with Gasteiger partial charge in [0.2, 0.25) is 6.10 Å². The number of rotatable bonds is 3. The third-order valence-electron chi connectivity index (χ3n) is 3.69. The topological polar surface area (TPSA) is 47.6 Å². The molecule has 0 aromatic heterocycles. The Kier molecular flexibility index (Phi) is 4.00. The number of carbonyl (C=O) groups is 1. The maximum atomic E-state index is 12.3. The summed E-state index contributed by atoms with van der Waals surface area (Å²) in [5.74, 6) is 1.12. The van der Waals surface area contributed by atoms with Gasteiger partial charge in [-0.1, -0.05) is 42.0 Å². The molecule has 0 spiro atoms. The first-order valence-electron chi connectivity index (χ1n) is 7.39. The molecule has 0 fully saturated rings. The molecule has 0 bridgehead atoms. The van der Waals surface area contributed by atoms with Crippen LogP contribution in [-0.2, 0) is 11.3 Å². The highest BCUT2D eigenvalue weighted by Crippen LogP contribution is 2.33. The van der Waals surface area contributed by atoms with Crippen molar-refractivity contribution in [2.75, 3.05) is 0 Å². The van der Waals surface area contributed by atoms with Crippen LogP contribution in [0.5, 0.6) is 11.5 Å². The third kappa shape index (κ3) is 3.06. The van der Waals surface area contributed by atoms with Crippen LogP contribution in [0.25, 0.3) is 0 Å². The smallest absolute Gasteiger partial charge is 0.265 e. The SMILES string of the molecule is Cc1ccc(CNC(=O)[C@H]2Oc3ccccc3O[C@@H]2C)cc1. The molecule has 1 N–H and O–H groups in total. The zero-order valence-electron chi connectivity index (χ0n) is 12.7. The van der Waals surface area contributed by atoms with Gasteiger partial charge in [-0.05, 0) is 31.5 Å². The first-order chi connectivity index (χ1) is 10.6. The van der Waals surface area contributed by atoms with Crippen molar-refractivity contribution >= 4 is 5.91 Å². The van der Waals surface area contributed by atoms with E-state index in [1.54, 1.807) is 0 Å². The van der Waals surface area contributed by atoms with E-state index >= 15 is 0 Å². The highest BCUT2D eigenvalue weighted by Gasteiger charge is 2.33. The van der Waals surface area contributed by atoms with Gasteiger partial charge in [0.05, 0.1) is 0 Å². The largest absolute Gasteiger partial charge is 0.482 e. The molecule has 3 rings (SSSR count). The molecule has 1 heterocycles. The van der Waals surface area contributed by atoms with Crippen LogP contribution in [0.2, 0.25) is 0 Å². The average molecular weight is 297 g/mol. The molecule has 0 radical (unpaired) electrons. The Balaban J connectivity index is 1.64. The molecular formula is C18H19NO3. The monoisotopic (exact) mass is 297 g/mol. The number of amides is 1. The van der Waals surface area contributed by atoms with Crippen molar-refractivity contribution in [2.24, 2.45) is 0 Å². The lowest BCUT2D eigenvalue weighted by Crippen LogP contribution is -2.48. The van der Waals surface area contributed by atoms with Crippen molar-refractivity contribution in [2.45, 2.75) is 32.6 Å². The number of para-hydroxylation sites is 2. The van der Waals surface area contributed by atoms with Gasteiger partial charge >= 0.3 is 0 Å². The summed E-state index contributed by atoms with van der Waals surface area (Å²) in [7, 11) is 0. The summed E-state index contributed by atoms with van der Waals surface area (Å²) in [6.07, 6.45) is -0.965. The van der Waals surface area contributed by atoms with E-state index in [-0.39, 0.29) is 12.0 Å².